The van der Waals surface area contributed by atoms with Gasteiger partial charge in [-0.15, -0.1) is 22.9 Å². The first kappa shape index (κ1) is 13.3. The van der Waals surface area contributed by atoms with Crippen LogP contribution in [0, 0.1) is 5.92 Å². The lowest BCUT2D eigenvalue weighted by atomic mass is 9.89. The third-order valence-corrected chi connectivity index (χ3v) is 4.53. The minimum absolute atomic E-state index is 0.478. The van der Waals surface area contributed by atoms with Gasteiger partial charge in [-0.2, -0.15) is 0 Å². The van der Waals surface area contributed by atoms with Gasteiger partial charge in [-0.3, -0.25) is 0 Å². The van der Waals surface area contributed by atoms with Crippen LogP contribution in [0.3, 0.4) is 0 Å². The minimum Gasteiger partial charge on any atom is -0.378 e. The average Bonchev–Trinajstić information content (AvgIpc) is 2.77. The Morgan fingerprint density at radius 3 is 3.12 bits per heavy atom. The maximum absolute atomic E-state index is 5.93. The number of rotatable bonds is 5. The Labute approximate surface area is 112 Å². The molecule has 1 saturated carbocycles. The summed E-state index contributed by atoms with van der Waals surface area (Å²) in [6.45, 7) is 3.12. The van der Waals surface area contributed by atoms with Crippen LogP contribution in [-0.2, 0) is 17.0 Å². The molecule has 0 N–H and O–H groups in total. The van der Waals surface area contributed by atoms with Gasteiger partial charge in [0.15, 0.2) is 0 Å². The van der Waals surface area contributed by atoms with Crippen molar-refractivity contribution in [2.45, 2.75) is 51.0 Å². The lowest BCUT2D eigenvalue weighted by Gasteiger charge is -2.26. The van der Waals surface area contributed by atoms with Crippen molar-refractivity contribution in [1.29, 1.82) is 0 Å². The van der Waals surface area contributed by atoms with Crippen LogP contribution in [0.2, 0.25) is 0 Å². The van der Waals surface area contributed by atoms with Crippen LogP contribution in [0.5, 0.6) is 0 Å². The highest BCUT2D eigenvalue weighted by Gasteiger charge is 2.19. The van der Waals surface area contributed by atoms with Crippen molar-refractivity contribution < 1.29 is 4.74 Å². The smallest absolute Gasteiger partial charge is 0.0951 e. The number of halogens is 1. The molecule has 96 valence electrons. The molecular formula is C13H20ClNOS. The summed E-state index contributed by atoms with van der Waals surface area (Å²) in [6.07, 6.45) is 6.54. The largest absolute Gasteiger partial charge is 0.378 e. The number of nitrogens with zero attached hydrogens (tertiary/aromatic N) is 1. The molecule has 2 unspecified atom stereocenters. The quantitative estimate of drug-likeness (QED) is 0.756. The monoisotopic (exact) mass is 273 g/mol. The summed E-state index contributed by atoms with van der Waals surface area (Å²) >= 11 is 7.41. The first-order valence-electron chi connectivity index (χ1n) is 6.38. The minimum atomic E-state index is 0.478. The summed E-state index contributed by atoms with van der Waals surface area (Å²) < 4.78 is 5.93. The molecule has 1 aromatic rings. The zero-order valence-corrected chi connectivity index (χ0v) is 11.9. The molecule has 1 aliphatic rings. The van der Waals surface area contributed by atoms with Crippen molar-refractivity contribution in [3.63, 3.8) is 0 Å². The van der Waals surface area contributed by atoms with Crippen LogP contribution in [0.15, 0.2) is 5.38 Å². The van der Waals surface area contributed by atoms with E-state index in [2.05, 4.69) is 11.9 Å². The maximum atomic E-state index is 5.93. The molecule has 0 spiro atoms. The molecule has 0 aliphatic heterocycles. The second kappa shape index (κ2) is 6.72. The van der Waals surface area contributed by atoms with Gasteiger partial charge < -0.3 is 4.74 Å². The molecule has 4 heteroatoms. The summed E-state index contributed by atoms with van der Waals surface area (Å²) in [5.74, 6) is 1.34. The SMILES string of the molecule is CC1CCCC(OCCc2nc(CCl)cs2)C1. The molecule has 1 heterocycles. The average molecular weight is 274 g/mol. The maximum Gasteiger partial charge on any atom is 0.0951 e. The molecule has 0 radical (unpaired) electrons. The van der Waals surface area contributed by atoms with Crippen molar-refractivity contribution in [1.82, 2.24) is 4.98 Å². The van der Waals surface area contributed by atoms with E-state index in [9.17, 15) is 0 Å². The first-order chi connectivity index (χ1) is 8.28. The molecule has 2 nitrogen and oxygen atoms in total. The Hall–Kier alpha value is -0.120. The Morgan fingerprint density at radius 1 is 1.53 bits per heavy atom. The van der Waals surface area contributed by atoms with Crippen molar-refractivity contribution in [3.8, 4) is 0 Å². The predicted molar refractivity (Wildman–Crippen MR) is 72.7 cm³/mol. The zero-order valence-electron chi connectivity index (χ0n) is 10.3. The van der Waals surface area contributed by atoms with Crippen LogP contribution >= 0.6 is 22.9 Å². The normalized spacial score (nSPS) is 25.1. The summed E-state index contributed by atoms with van der Waals surface area (Å²) in [6, 6.07) is 0. The highest BCUT2D eigenvalue weighted by molar-refractivity contribution is 7.09. The molecular weight excluding hydrogens is 254 g/mol. The van der Waals surface area contributed by atoms with Crippen molar-refractivity contribution in [2.24, 2.45) is 5.92 Å². The number of ether oxygens (including phenoxy) is 1. The van der Waals surface area contributed by atoms with E-state index in [0.717, 1.165) is 29.6 Å². The zero-order chi connectivity index (χ0) is 12.1. The van der Waals surface area contributed by atoms with Crippen LogP contribution < -0.4 is 0 Å². The van der Waals surface area contributed by atoms with E-state index in [0.29, 0.717) is 12.0 Å². The topological polar surface area (TPSA) is 22.1 Å². The van der Waals surface area contributed by atoms with Gasteiger partial charge in [0.05, 0.1) is 29.3 Å². The van der Waals surface area contributed by atoms with Gasteiger partial charge in [0.2, 0.25) is 0 Å². The van der Waals surface area contributed by atoms with E-state index in [1.54, 1.807) is 11.3 Å². The molecule has 0 saturated heterocycles. The first-order valence-corrected chi connectivity index (χ1v) is 7.80. The molecule has 0 amide bonds. The third kappa shape index (κ3) is 4.23. The number of aromatic nitrogens is 1. The Kier molecular flexibility index (Phi) is 5.26. The molecule has 1 aliphatic carbocycles. The van der Waals surface area contributed by atoms with Gasteiger partial charge in [0, 0.05) is 11.8 Å². The second-order valence-corrected chi connectivity index (χ2v) is 6.09. The van der Waals surface area contributed by atoms with Crippen LogP contribution in [0.1, 0.15) is 43.3 Å². The Balaban J connectivity index is 1.68. The highest BCUT2D eigenvalue weighted by Crippen LogP contribution is 2.25. The van der Waals surface area contributed by atoms with Gasteiger partial charge in [-0.1, -0.05) is 19.8 Å². The number of thiazole rings is 1. The number of hydrogen-bond acceptors (Lipinski definition) is 3. The van der Waals surface area contributed by atoms with E-state index < -0.39 is 0 Å². The lowest BCUT2D eigenvalue weighted by Crippen LogP contribution is -2.22. The molecule has 1 aromatic heterocycles. The van der Waals surface area contributed by atoms with Crippen molar-refractivity contribution in [3.05, 3.63) is 16.1 Å². The second-order valence-electron chi connectivity index (χ2n) is 4.88. The van der Waals surface area contributed by atoms with E-state index in [1.165, 1.54) is 25.7 Å². The fourth-order valence-corrected chi connectivity index (χ4v) is 3.38. The molecule has 0 aromatic carbocycles. The summed E-state index contributed by atoms with van der Waals surface area (Å²) in [7, 11) is 0. The predicted octanol–water partition coefficient (Wildman–Crippen LogP) is 4.02. The highest BCUT2D eigenvalue weighted by atomic mass is 35.5. The van der Waals surface area contributed by atoms with Crippen LogP contribution in [0.4, 0.5) is 0 Å². The van der Waals surface area contributed by atoms with E-state index in [4.69, 9.17) is 16.3 Å². The number of alkyl halides is 1. The molecule has 0 bridgehead atoms. The van der Waals surface area contributed by atoms with E-state index >= 15 is 0 Å². The third-order valence-electron chi connectivity index (χ3n) is 3.29. The van der Waals surface area contributed by atoms with Gasteiger partial charge in [0.1, 0.15) is 0 Å². The molecule has 1 fully saturated rings. The van der Waals surface area contributed by atoms with Gasteiger partial charge >= 0.3 is 0 Å². The van der Waals surface area contributed by atoms with Crippen molar-refractivity contribution >= 4 is 22.9 Å². The lowest BCUT2D eigenvalue weighted by molar-refractivity contribution is 0.0173. The molecule has 2 rings (SSSR count). The Morgan fingerprint density at radius 2 is 2.41 bits per heavy atom. The standard InChI is InChI=1S/C13H20ClNOS/c1-10-3-2-4-12(7-10)16-6-5-13-15-11(8-14)9-17-13/h9-10,12H,2-8H2,1H3. The van der Waals surface area contributed by atoms with E-state index in [1.807, 2.05) is 5.38 Å². The summed E-state index contributed by atoms with van der Waals surface area (Å²) in [5.41, 5.74) is 0.984. The number of hydrogen-bond donors (Lipinski definition) is 0. The summed E-state index contributed by atoms with van der Waals surface area (Å²) in [5, 5.41) is 3.18. The summed E-state index contributed by atoms with van der Waals surface area (Å²) in [4.78, 5) is 4.43. The fourth-order valence-electron chi connectivity index (χ4n) is 2.37. The van der Waals surface area contributed by atoms with Gasteiger partial charge in [-0.25, -0.2) is 4.98 Å². The van der Waals surface area contributed by atoms with Gasteiger partial charge in [0.25, 0.3) is 0 Å². The van der Waals surface area contributed by atoms with Crippen LogP contribution in [-0.4, -0.2) is 17.7 Å². The van der Waals surface area contributed by atoms with E-state index in [-0.39, 0.29) is 0 Å². The molecule has 17 heavy (non-hydrogen) atoms. The fraction of sp³-hybridized carbons (Fsp3) is 0.769. The molecule has 2 atom stereocenters. The van der Waals surface area contributed by atoms with Gasteiger partial charge in [-0.05, 0) is 18.8 Å². The van der Waals surface area contributed by atoms with Crippen LogP contribution in [0.25, 0.3) is 0 Å². The van der Waals surface area contributed by atoms with Crippen molar-refractivity contribution in [2.75, 3.05) is 6.61 Å². The Bertz CT molecular complexity index is 342.